The van der Waals surface area contributed by atoms with Crippen molar-refractivity contribution in [1.29, 1.82) is 0 Å². The van der Waals surface area contributed by atoms with E-state index in [4.69, 9.17) is 10.0 Å². The standard InChI is InChI=1S/C15H25BN2O2/c1-17-9-7-14(8-10-17)12-18(2)11-13-3-5-15(6-4-13)16(19)20/h3-6,14,19-20H,7-12H2,1-2H3. The Labute approximate surface area is 122 Å². The van der Waals surface area contributed by atoms with Crippen molar-refractivity contribution in [2.75, 3.05) is 33.7 Å². The first-order chi connectivity index (χ1) is 9.54. The van der Waals surface area contributed by atoms with Crippen LogP contribution in [0.3, 0.4) is 0 Å². The van der Waals surface area contributed by atoms with Gasteiger partial charge in [-0.3, -0.25) is 0 Å². The fourth-order valence-electron chi connectivity index (χ4n) is 2.86. The Kier molecular flexibility index (Phi) is 5.60. The number of rotatable bonds is 5. The van der Waals surface area contributed by atoms with Crippen molar-refractivity contribution in [2.45, 2.75) is 19.4 Å². The minimum atomic E-state index is -1.37. The van der Waals surface area contributed by atoms with E-state index in [0.717, 1.165) is 19.0 Å². The van der Waals surface area contributed by atoms with E-state index in [1.807, 2.05) is 12.1 Å². The maximum Gasteiger partial charge on any atom is 0.488 e. The van der Waals surface area contributed by atoms with Crippen LogP contribution in [0.15, 0.2) is 24.3 Å². The molecule has 0 bridgehead atoms. The third kappa shape index (κ3) is 4.60. The molecule has 1 aromatic carbocycles. The number of hydrogen-bond donors (Lipinski definition) is 2. The van der Waals surface area contributed by atoms with E-state index >= 15 is 0 Å². The molecular weight excluding hydrogens is 251 g/mol. The SMILES string of the molecule is CN1CCC(CN(C)Cc2ccc(B(O)O)cc2)CC1. The molecular formula is C15H25BN2O2. The van der Waals surface area contributed by atoms with E-state index in [0.29, 0.717) is 5.46 Å². The number of piperidine rings is 1. The molecule has 0 unspecified atom stereocenters. The van der Waals surface area contributed by atoms with E-state index in [-0.39, 0.29) is 0 Å². The van der Waals surface area contributed by atoms with Crippen LogP contribution in [0, 0.1) is 5.92 Å². The zero-order valence-corrected chi connectivity index (χ0v) is 12.5. The first-order valence-electron chi connectivity index (χ1n) is 7.36. The zero-order chi connectivity index (χ0) is 14.5. The van der Waals surface area contributed by atoms with Crippen LogP contribution < -0.4 is 5.46 Å². The lowest BCUT2D eigenvalue weighted by molar-refractivity contribution is 0.173. The third-order valence-electron chi connectivity index (χ3n) is 4.14. The van der Waals surface area contributed by atoms with Crippen molar-refractivity contribution in [3.8, 4) is 0 Å². The van der Waals surface area contributed by atoms with Crippen molar-refractivity contribution in [2.24, 2.45) is 5.92 Å². The second kappa shape index (κ2) is 7.22. The van der Waals surface area contributed by atoms with Crippen LogP contribution in [0.5, 0.6) is 0 Å². The predicted molar refractivity (Wildman–Crippen MR) is 82.8 cm³/mol. The summed E-state index contributed by atoms with van der Waals surface area (Å²) in [4.78, 5) is 4.76. The van der Waals surface area contributed by atoms with E-state index in [2.05, 4.69) is 23.9 Å². The van der Waals surface area contributed by atoms with Crippen molar-refractivity contribution in [3.05, 3.63) is 29.8 Å². The third-order valence-corrected chi connectivity index (χ3v) is 4.14. The van der Waals surface area contributed by atoms with Gasteiger partial charge in [-0.25, -0.2) is 0 Å². The topological polar surface area (TPSA) is 46.9 Å². The van der Waals surface area contributed by atoms with Crippen LogP contribution in [0.2, 0.25) is 0 Å². The van der Waals surface area contributed by atoms with Crippen molar-refractivity contribution in [1.82, 2.24) is 9.80 Å². The second-order valence-corrected chi connectivity index (χ2v) is 6.06. The van der Waals surface area contributed by atoms with E-state index in [1.165, 1.54) is 31.5 Å². The molecule has 0 aliphatic carbocycles. The van der Waals surface area contributed by atoms with Gasteiger partial charge < -0.3 is 19.8 Å². The van der Waals surface area contributed by atoms with Crippen LogP contribution >= 0.6 is 0 Å². The number of hydrogen-bond acceptors (Lipinski definition) is 4. The Hall–Kier alpha value is -0.875. The Morgan fingerprint density at radius 1 is 1.20 bits per heavy atom. The van der Waals surface area contributed by atoms with Crippen LogP contribution in [-0.4, -0.2) is 60.7 Å². The fraction of sp³-hybridized carbons (Fsp3) is 0.600. The summed E-state index contributed by atoms with van der Waals surface area (Å²) in [6.45, 7) is 4.47. The van der Waals surface area contributed by atoms with Gasteiger partial charge in [-0.05, 0) is 57.0 Å². The molecule has 0 saturated carbocycles. The molecule has 2 N–H and O–H groups in total. The largest absolute Gasteiger partial charge is 0.488 e. The number of nitrogens with zero attached hydrogens (tertiary/aromatic N) is 2. The van der Waals surface area contributed by atoms with Gasteiger partial charge in [0, 0.05) is 13.1 Å². The summed E-state index contributed by atoms with van der Waals surface area (Å²) >= 11 is 0. The molecule has 1 aliphatic rings. The lowest BCUT2D eigenvalue weighted by Crippen LogP contribution is -2.35. The molecule has 1 aliphatic heterocycles. The van der Waals surface area contributed by atoms with Gasteiger partial charge >= 0.3 is 7.12 Å². The van der Waals surface area contributed by atoms with Gasteiger partial charge in [0.25, 0.3) is 0 Å². The lowest BCUT2D eigenvalue weighted by Gasteiger charge is -2.31. The quantitative estimate of drug-likeness (QED) is 0.751. The van der Waals surface area contributed by atoms with Crippen molar-refractivity contribution < 1.29 is 10.0 Å². The highest BCUT2D eigenvalue weighted by atomic mass is 16.4. The highest BCUT2D eigenvalue weighted by Crippen LogP contribution is 2.17. The molecule has 20 heavy (non-hydrogen) atoms. The minimum Gasteiger partial charge on any atom is -0.423 e. The summed E-state index contributed by atoms with van der Waals surface area (Å²) in [5.74, 6) is 0.801. The molecule has 0 atom stereocenters. The summed E-state index contributed by atoms with van der Waals surface area (Å²) in [6, 6.07) is 7.51. The van der Waals surface area contributed by atoms with Gasteiger partial charge in [-0.1, -0.05) is 24.3 Å². The summed E-state index contributed by atoms with van der Waals surface area (Å²) in [5, 5.41) is 18.2. The van der Waals surface area contributed by atoms with Crippen LogP contribution in [0.4, 0.5) is 0 Å². The van der Waals surface area contributed by atoms with Crippen molar-refractivity contribution >= 4 is 12.6 Å². The Balaban J connectivity index is 1.80. The van der Waals surface area contributed by atoms with Crippen LogP contribution in [0.1, 0.15) is 18.4 Å². The van der Waals surface area contributed by atoms with Gasteiger partial charge in [0.1, 0.15) is 0 Å². The zero-order valence-electron chi connectivity index (χ0n) is 12.5. The lowest BCUT2D eigenvalue weighted by atomic mass is 9.80. The molecule has 0 spiro atoms. The molecule has 2 rings (SSSR count). The van der Waals surface area contributed by atoms with E-state index in [1.54, 1.807) is 12.1 Å². The maximum atomic E-state index is 9.08. The van der Waals surface area contributed by atoms with E-state index < -0.39 is 7.12 Å². The summed E-state index contributed by atoms with van der Waals surface area (Å²) in [5.41, 5.74) is 1.76. The Bertz CT molecular complexity index is 403. The Morgan fingerprint density at radius 2 is 1.80 bits per heavy atom. The highest BCUT2D eigenvalue weighted by molar-refractivity contribution is 6.58. The molecule has 1 saturated heterocycles. The van der Waals surface area contributed by atoms with Gasteiger partial charge in [0.05, 0.1) is 0 Å². The molecule has 110 valence electrons. The van der Waals surface area contributed by atoms with Crippen LogP contribution in [-0.2, 0) is 6.54 Å². The molecule has 1 heterocycles. The second-order valence-electron chi connectivity index (χ2n) is 6.06. The molecule has 5 heteroatoms. The summed E-state index contributed by atoms with van der Waals surface area (Å²) < 4.78 is 0. The Morgan fingerprint density at radius 3 is 2.35 bits per heavy atom. The van der Waals surface area contributed by atoms with Gasteiger partial charge in [-0.2, -0.15) is 0 Å². The number of benzene rings is 1. The van der Waals surface area contributed by atoms with Gasteiger partial charge in [0.15, 0.2) is 0 Å². The normalized spacial score (nSPS) is 17.6. The minimum absolute atomic E-state index is 0.548. The number of likely N-dealkylation sites (tertiary alicyclic amines) is 1. The molecule has 1 fully saturated rings. The molecule has 0 amide bonds. The van der Waals surface area contributed by atoms with Gasteiger partial charge in [0.2, 0.25) is 0 Å². The molecule has 4 nitrogen and oxygen atoms in total. The fourth-order valence-corrected chi connectivity index (χ4v) is 2.86. The predicted octanol–water partition coefficient (Wildman–Crippen LogP) is 0.140. The molecule has 0 radical (unpaired) electrons. The van der Waals surface area contributed by atoms with E-state index in [9.17, 15) is 0 Å². The maximum absolute atomic E-state index is 9.08. The first kappa shape index (κ1) is 15.5. The summed E-state index contributed by atoms with van der Waals surface area (Å²) in [6.07, 6.45) is 2.58. The first-order valence-corrected chi connectivity index (χ1v) is 7.36. The summed E-state index contributed by atoms with van der Waals surface area (Å²) in [7, 11) is 2.98. The average Bonchev–Trinajstić information content (AvgIpc) is 2.42. The smallest absolute Gasteiger partial charge is 0.423 e. The highest BCUT2D eigenvalue weighted by Gasteiger charge is 2.18. The van der Waals surface area contributed by atoms with Crippen molar-refractivity contribution in [3.63, 3.8) is 0 Å². The van der Waals surface area contributed by atoms with Crippen LogP contribution in [0.25, 0.3) is 0 Å². The average molecular weight is 276 g/mol. The molecule has 1 aromatic rings. The van der Waals surface area contributed by atoms with Gasteiger partial charge in [-0.15, -0.1) is 0 Å². The monoisotopic (exact) mass is 276 g/mol. The molecule has 0 aromatic heterocycles.